The van der Waals surface area contributed by atoms with Crippen LogP contribution in [0.25, 0.3) is 0 Å². The summed E-state index contributed by atoms with van der Waals surface area (Å²) < 4.78 is 0. The van der Waals surface area contributed by atoms with Crippen molar-refractivity contribution in [2.45, 2.75) is 52.1 Å². The van der Waals surface area contributed by atoms with E-state index in [9.17, 15) is 9.90 Å². The third kappa shape index (κ3) is 1.68. The van der Waals surface area contributed by atoms with Crippen molar-refractivity contribution in [1.29, 1.82) is 0 Å². The van der Waals surface area contributed by atoms with Crippen LogP contribution in [0.15, 0.2) is 36.0 Å². The summed E-state index contributed by atoms with van der Waals surface area (Å²) in [5, 5.41) is 10.5. The summed E-state index contributed by atoms with van der Waals surface area (Å²) in [6, 6.07) is 0. The third-order valence-electron chi connectivity index (χ3n) is 7.48. The molecule has 3 fully saturated rings. The molecule has 0 heterocycles. The van der Waals surface area contributed by atoms with Crippen LogP contribution in [-0.4, -0.2) is 17.0 Å². The van der Waals surface area contributed by atoms with Crippen LogP contribution in [0.3, 0.4) is 0 Å². The predicted octanol–water partition coefficient (Wildman–Crippen LogP) is 3.82. The fourth-order valence-corrected chi connectivity index (χ4v) is 6.18. The molecule has 4 aliphatic carbocycles. The fourth-order valence-electron chi connectivity index (χ4n) is 6.18. The van der Waals surface area contributed by atoms with Gasteiger partial charge in [-0.15, -0.1) is 0 Å². The van der Waals surface area contributed by atoms with Gasteiger partial charge in [-0.25, -0.2) is 0 Å². The highest BCUT2D eigenvalue weighted by atomic mass is 16.3. The lowest BCUT2D eigenvalue weighted by Crippen LogP contribution is -2.50. The number of aliphatic hydroxyl groups excluding tert-OH is 1. The van der Waals surface area contributed by atoms with E-state index in [0.29, 0.717) is 17.8 Å². The van der Waals surface area contributed by atoms with Crippen LogP contribution in [0.2, 0.25) is 0 Å². The molecule has 118 valence electrons. The van der Waals surface area contributed by atoms with Gasteiger partial charge in [-0.1, -0.05) is 32.1 Å². The monoisotopic (exact) mass is 298 g/mol. The first-order chi connectivity index (χ1) is 10.4. The van der Waals surface area contributed by atoms with Crippen molar-refractivity contribution in [3.05, 3.63) is 36.0 Å². The first-order valence-corrected chi connectivity index (χ1v) is 8.68. The smallest absolute Gasteiger partial charge is 0.178 e. The van der Waals surface area contributed by atoms with Crippen LogP contribution in [-0.2, 0) is 4.79 Å². The number of carbonyl (C=O) groups is 1. The van der Waals surface area contributed by atoms with E-state index >= 15 is 0 Å². The van der Waals surface area contributed by atoms with E-state index < -0.39 is 0 Å². The van der Waals surface area contributed by atoms with Gasteiger partial charge >= 0.3 is 0 Å². The number of hydrogen-bond donors (Lipinski definition) is 1. The zero-order chi connectivity index (χ0) is 15.7. The maximum absolute atomic E-state index is 11.8. The molecule has 6 atom stereocenters. The Balaban J connectivity index is 1.76. The maximum Gasteiger partial charge on any atom is 0.178 e. The highest BCUT2D eigenvalue weighted by Gasteiger charge is 2.58. The molecule has 0 aromatic carbocycles. The van der Waals surface area contributed by atoms with Crippen molar-refractivity contribution in [3.8, 4) is 0 Å². The summed E-state index contributed by atoms with van der Waals surface area (Å²) in [5.41, 5.74) is 2.37. The molecule has 0 bridgehead atoms. The van der Waals surface area contributed by atoms with Gasteiger partial charge in [0.1, 0.15) is 0 Å². The molecular formula is C20H26O2. The predicted molar refractivity (Wildman–Crippen MR) is 87.1 cm³/mol. The van der Waals surface area contributed by atoms with Crippen LogP contribution in [0, 0.1) is 28.6 Å². The van der Waals surface area contributed by atoms with Gasteiger partial charge in [-0.05, 0) is 73.0 Å². The van der Waals surface area contributed by atoms with E-state index in [0.717, 1.165) is 37.7 Å². The van der Waals surface area contributed by atoms with Gasteiger partial charge in [-0.3, -0.25) is 4.79 Å². The van der Waals surface area contributed by atoms with E-state index in [-0.39, 0.29) is 22.7 Å². The molecule has 4 rings (SSSR count). The second-order valence-electron chi connectivity index (χ2n) is 8.40. The van der Waals surface area contributed by atoms with E-state index in [2.05, 4.69) is 26.5 Å². The summed E-state index contributed by atoms with van der Waals surface area (Å²) in [6.45, 7) is 8.89. The van der Waals surface area contributed by atoms with E-state index in [1.54, 1.807) is 6.08 Å². The van der Waals surface area contributed by atoms with Crippen LogP contribution in [0.4, 0.5) is 0 Å². The SMILES string of the molecule is C=C1C[C@@H]2[C@@H]3CC[C@@H](O)[C@@]3(C)CC[C@@H]2[C@@]2(C)C=CC(=O)C=C12. The van der Waals surface area contributed by atoms with Gasteiger partial charge in [0.05, 0.1) is 6.10 Å². The Kier molecular flexibility index (Phi) is 2.92. The summed E-state index contributed by atoms with van der Waals surface area (Å²) in [4.78, 5) is 11.8. The second-order valence-corrected chi connectivity index (χ2v) is 8.40. The average Bonchev–Trinajstić information content (AvgIpc) is 2.77. The van der Waals surface area contributed by atoms with Gasteiger partial charge in [-0.2, -0.15) is 0 Å². The molecule has 0 aromatic rings. The molecule has 0 radical (unpaired) electrons. The van der Waals surface area contributed by atoms with E-state index in [1.807, 2.05) is 6.08 Å². The van der Waals surface area contributed by atoms with Crippen LogP contribution in [0.1, 0.15) is 46.0 Å². The normalized spacial score (nSPS) is 50.2. The van der Waals surface area contributed by atoms with Gasteiger partial charge in [0.2, 0.25) is 0 Å². The van der Waals surface area contributed by atoms with Gasteiger partial charge < -0.3 is 5.11 Å². The minimum atomic E-state index is -0.139. The lowest BCUT2D eigenvalue weighted by Gasteiger charge is -2.57. The Hall–Kier alpha value is -1.15. The molecule has 0 spiro atoms. The molecule has 22 heavy (non-hydrogen) atoms. The average molecular weight is 298 g/mol. The molecule has 0 unspecified atom stereocenters. The van der Waals surface area contributed by atoms with E-state index in [4.69, 9.17) is 0 Å². The lowest BCUT2D eigenvalue weighted by atomic mass is 9.47. The van der Waals surface area contributed by atoms with Crippen LogP contribution in [0.5, 0.6) is 0 Å². The summed E-state index contributed by atoms with van der Waals surface area (Å²) in [7, 11) is 0. The number of rotatable bonds is 0. The zero-order valence-corrected chi connectivity index (χ0v) is 13.6. The molecule has 2 heteroatoms. The summed E-state index contributed by atoms with van der Waals surface area (Å²) in [6.07, 6.45) is 10.9. The van der Waals surface area contributed by atoms with Gasteiger partial charge in [0.25, 0.3) is 0 Å². The van der Waals surface area contributed by atoms with E-state index in [1.165, 1.54) is 5.57 Å². The van der Waals surface area contributed by atoms with Crippen molar-refractivity contribution < 1.29 is 9.90 Å². The number of allylic oxidation sites excluding steroid dienone is 5. The van der Waals surface area contributed by atoms with Crippen molar-refractivity contribution >= 4 is 5.78 Å². The molecule has 2 nitrogen and oxygen atoms in total. The molecule has 0 aromatic heterocycles. The Morgan fingerprint density at radius 2 is 2.00 bits per heavy atom. The topological polar surface area (TPSA) is 37.3 Å². The Bertz CT molecular complexity index is 613. The van der Waals surface area contributed by atoms with Crippen LogP contribution < -0.4 is 0 Å². The lowest BCUT2D eigenvalue weighted by molar-refractivity contribution is -0.111. The maximum atomic E-state index is 11.8. The summed E-state index contributed by atoms with van der Waals surface area (Å²) >= 11 is 0. The number of ketones is 1. The highest BCUT2D eigenvalue weighted by Crippen LogP contribution is 2.65. The second kappa shape index (κ2) is 4.44. The van der Waals surface area contributed by atoms with Crippen molar-refractivity contribution in [3.63, 3.8) is 0 Å². The molecule has 0 amide bonds. The highest BCUT2D eigenvalue weighted by molar-refractivity contribution is 6.01. The van der Waals surface area contributed by atoms with Crippen molar-refractivity contribution in [2.75, 3.05) is 0 Å². The Morgan fingerprint density at radius 1 is 1.23 bits per heavy atom. The standard InChI is InChI=1S/C20H26O2/c1-12-10-14-15-4-5-18(22)20(15,3)9-7-16(14)19(2)8-6-13(21)11-17(12)19/h6,8,11,14-16,18,22H,1,4-5,7,9-10H2,2-3H3/t14-,15+,16+,18-,19-,20+/m1/s1. The number of aliphatic hydroxyl groups is 1. The fraction of sp³-hybridized carbons (Fsp3) is 0.650. The quantitative estimate of drug-likeness (QED) is 0.738. The first kappa shape index (κ1) is 14.4. The Labute approximate surface area is 133 Å². The molecule has 0 aliphatic heterocycles. The Morgan fingerprint density at radius 3 is 2.77 bits per heavy atom. The molecule has 3 saturated carbocycles. The molecule has 4 aliphatic rings. The van der Waals surface area contributed by atoms with Crippen LogP contribution >= 0.6 is 0 Å². The molecule has 0 saturated heterocycles. The van der Waals surface area contributed by atoms with Gasteiger partial charge in [0, 0.05) is 5.41 Å². The summed E-state index contributed by atoms with van der Waals surface area (Å²) in [5.74, 6) is 1.88. The minimum absolute atomic E-state index is 0.0389. The number of hydrogen-bond acceptors (Lipinski definition) is 2. The van der Waals surface area contributed by atoms with Gasteiger partial charge in [0.15, 0.2) is 5.78 Å². The van der Waals surface area contributed by atoms with Crippen molar-refractivity contribution in [1.82, 2.24) is 0 Å². The van der Waals surface area contributed by atoms with Crippen molar-refractivity contribution in [2.24, 2.45) is 28.6 Å². The minimum Gasteiger partial charge on any atom is -0.393 e. The zero-order valence-electron chi connectivity index (χ0n) is 13.6. The first-order valence-electron chi connectivity index (χ1n) is 8.68. The molecular weight excluding hydrogens is 272 g/mol. The molecule has 1 N–H and O–H groups in total. The third-order valence-corrected chi connectivity index (χ3v) is 7.48. The number of fused-ring (bicyclic) bond motifs is 5. The number of carbonyl (C=O) groups excluding carboxylic acids is 1. The largest absolute Gasteiger partial charge is 0.393 e.